The van der Waals surface area contributed by atoms with Gasteiger partial charge in [-0.15, -0.1) is 0 Å². The van der Waals surface area contributed by atoms with Gasteiger partial charge in [0, 0.05) is 11.9 Å². The SMILES string of the molecule is COC(=O)Cc1c[nH]c(C)c1C(=O)OC. The lowest BCUT2D eigenvalue weighted by Gasteiger charge is -2.02. The number of esters is 2. The zero-order valence-electron chi connectivity index (χ0n) is 8.92. The summed E-state index contributed by atoms with van der Waals surface area (Å²) in [5.74, 6) is -0.841. The second-order valence-corrected chi connectivity index (χ2v) is 3.06. The van der Waals surface area contributed by atoms with Crippen LogP contribution in [0.15, 0.2) is 6.20 Å². The highest BCUT2D eigenvalue weighted by atomic mass is 16.5. The number of H-pyrrole nitrogens is 1. The third-order valence-corrected chi connectivity index (χ3v) is 2.11. The van der Waals surface area contributed by atoms with Crippen LogP contribution in [0.25, 0.3) is 0 Å². The number of nitrogens with one attached hydrogen (secondary N) is 1. The highest BCUT2D eigenvalue weighted by Gasteiger charge is 2.18. The lowest BCUT2D eigenvalue weighted by atomic mass is 10.1. The molecule has 15 heavy (non-hydrogen) atoms. The Balaban J connectivity index is 2.98. The molecule has 0 fully saturated rings. The summed E-state index contributed by atoms with van der Waals surface area (Å²) < 4.78 is 9.15. The fraction of sp³-hybridized carbons (Fsp3) is 0.400. The van der Waals surface area contributed by atoms with E-state index in [1.807, 2.05) is 0 Å². The number of aromatic nitrogens is 1. The molecule has 1 heterocycles. The molecule has 1 aromatic rings. The van der Waals surface area contributed by atoms with Gasteiger partial charge >= 0.3 is 11.9 Å². The van der Waals surface area contributed by atoms with Crippen molar-refractivity contribution in [1.29, 1.82) is 0 Å². The minimum atomic E-state index is -0.451. The topological polar surface area (TPSA) is 68.4 Å². The van der Waals surface area contributed by atoms with Gasteiger partial charge in [-0.1, -0.05) is 0 Å². The average Bonchev–Trinajstić information content (AvgIpc) is 2.58. The van der Waals surface area contributed by atoms with E-state index in [9.17, 15) is 9.59 Å². The first kappa shape index (κ1) is 11.3. The largest absolute Gasteiger partial charge is 0.469 e. The molecule has 0 bridgehead atoms. The predicted molar refractivity (Wildman–Crippen MR) is 52.6 cm³/mol. The van der Waals surface area contributed by atoms with E-state index in [0.717, 1.165) is 0 Å². The molecule has 0 radical (unpaired) electrons. The Kier molecular flexibility index (Phi) is 3.49. The first-order chi connectivity index (χ1) is 7.10. The smallest absolute Gasteiger partial charge is 0.339 e. The normalized spacial score (nSPS) is 9.80. The van der Waals surface area contributed by atoms with Gasteiger partial charge in [-0.05, 0) is 12.5 Å². The van der Waals surface area contributed by atoms with E-state index < -0.39 is 5.97 Å². The van der Waals surface area contributed by atoms with Crippen molar-refractivity contribution in [3.8, 4) is 0 Å². The lowest BCUT2D eigenvalue weighted by Crippen LogP contribution is -2.10. The number of aromatic amines is 1. The number of hydrogen-bond acceptors (Lipinski definition) is 4. The molecule has 5 nitrogen and oxygen atoms in total. The molecule has 5 heteroatoms. The van der Waals surface area contributed by atoms with Crippen molar-refractivity contribution < 1.29 is 19.1 Å². The molecule has 0 saturated heterocycles. The number of ether oxygens (including phenoxy) is 2. The zero-order chi connectivity index (χ0) is 11.4. The van der Waals surface area contributed by atoms with E-state index in [-0.39, 0.29) is 12.4 Å². The summed E-state index contributed by atoms with van der Waals surface area (Å²) in [6, 6.07) is 0. The van der Waals surface area contributed by atoms with Gasteiger partial charge in [-0.2, -0.15) is 0 Å². The first-order valence-electron chi connectivity index (χ1n) is 4.42. The highest BCUT2D eigenvalue weighted by Crippen LogP contribution is 2.15. The molecule has 82 valence electrons. The Morgan fingerprint density at radius 1 is 1.33 bits per heavy atom. The molecule has 0 spiro atoms. The van der Waals surface area contributed by atoms with Crippen molar-refractivity contribution in [3.05, 3.63) is 23.0 Å². The van der Waals surface area contributed by atoms with E-state index >= 15 is 0 Å². The summed E-state index contributed by atoms with van der Waals surface area (Å²) in [6.45, 7) is 1.74. The van der Waals surface area contributed by atoms with Crippen molar-refractivity contribution in [2.24, 2.45) is 0 Å². The van der Waals surface area contributed by atoms with Gasteiger partial charge in [-0.25, -0.2) is 4.79 Å². The summed E-state index contributed by atoms with van der Waals surface area (Å²) >= 11 is 0. The van der Waals surface area contributed by atoms with Crippen LogP contribution in [0.2, 0.25) is 0 Å². The monoisotopic (exact) mass is 211 g/mol. The van der Waals surface area contributed by atoms with Gasteiger partial charge in [0.15, 0.2) is 0 Å². The minimum Gasteiger partial charge on any atom is -0.469 e. The van der Waals surface area contributed by atoms with Gasteiger partial charge in [0.1, 0.15) is 0 Å². The Bertz CT molecular complexity index is 381. The zero-order valence-corrected chi connectivity index (χ0v) is 8.92. The molecule has 0 aliphatic rings. The molecule has 1 N–H and O–H groups in total. The number of carbonyl (C=O) groups excluding carboxylic acids is 2. The van der Waals surface area contributed by atoms with Crippen molar-refractivity contribution in [2.75, 3.05) is 14.2 Å². The second kappa shape index (κ2) is 4.63. The highest BCUT2D eigenvalue weighted by molar-refractivity contribution is 5.93. The molecule has 0 saturated carbocycles. The fourth-order valence-electron chi connectivity index (χ4n) is 1.33. The van der Waals surface area contributed by atoms with Gasteiger partial charge in [0.2, 0.25) is 0 Å². The molecule has 1 rings (SSSR count). The fourth-order valence-corrected chi connectivity index (χ4v) is 1.33. The van der Waals surface area contributed by atoms with Crippen LogP contribution in [0.4, 0.5) is 0 Å². The molecular formula is C10H13NO4. The van der Waals surface area contributed by atoms with Crippen LogP contribution in [0.3, 0.4) is 0 Å². The summed E-state index contributed by atoms with van der Waals surface area (Å²) in [4.78, 5) is 25.3. The average molecular weight is 211 g/mol. The van der Waals surface area contributed by atoms with E-state index in [4.69, 9.17) is 0 Å². The molecular weight excluding hydrogens is 198 g/mol. The molecule has 0 atom stereocenters. The Hall–Kier alpha value is -1.78. The maximum Gasteiger partial charge on any atom is 0.339 e. The third kappa shape index (κ3) is 2.37. The van der Waals surface area contributed by atoms with E-state index in [0.29, 0.717) is 16.8 Å². The Morgan fingerprint density at radius 3 is 2.53 bits per heavy atom. The van der Waals surface area contributed by atoms with E-state index in [1.165, 1.54) is 14.2 Å². The van der Waals surface area contributed by atoms with Crippen LogP contribution in [0.1, 0.15) is 21.6 Å². The maximum absolute atomic E-state index is 11.4. The number of carbonyl (C=O) groups is 2. The van der Waals surface area contributed by atoms with Crippen LogP contribution >= 0.6 is 0 Å². The van der Waals surface area contributed by atoms with Crippen LogP contribution < -0.4 is 0 Å². The summed E-state index contributed by atoms with van der Waals surface area (Å²) in [6.07, 6.45) is 1.67. The molecule has 0 amide bonds. The van der Waals surface area contributed by atoms with Crippen LogP contribution in [0, 0.1) is 6.92 Å². The summed E-state index contributed by atoms with van der Waals surface area (Å²) in [5.41, 5.74) is 1.68. The van der Waals surface area contributed by atoms with Gasteiger partial charge in [0.25, 0.3) is 0 Å². The van der Waals surface area contributed by atoms with Crippen molar-refractivity contribution in [1.82, 2.24) is 4.98 Å². The van der Waals surface area contributed by atoms with Crippen molar-refractivity contribution in [2.45, 2.75) is 13.3 Å². The molecule has 0 aliphatic carbocycles. The summed E-state index contributed by atoms with van der Waals surface area (Å²) in [7, 11) is 2.61. The van der Waals surface area contributed by atoms with Crippen molar-refractivity contribution >= 4 is 11.9 Å². The number of rotatable bonds is 3. The number of hydrogen-bond donors (Lipinski definition) is 1. The Labute approximate surface area is 87.4 Å². The van der Waals surface area contributed by atoms with Crippen LogP contribution in [-0.2, 0) is 20.7 Å². The molecule has 1 aromatic heterocycles. The standard InChI is InChI=1S/C10H13NO4/c1-6-9(10(13)15-3)7(5-11-6)4-8(12)14-2/h5,11H,4H2,1-3H3. The molecule has 0 aromatic carbocycles. The van der Waals surface area contributed by atoms with Crippen LogP contribution in [0.5, 0.6) is 0 Å². The van der Waals surface area contributed by atoms with Gasteiger partial charge in [-0.3, -0.25) is 4.79 Å². The maximum atomic E-state index is 11.4. The van der Waals surface area contributed by atoms with E-state index in [1.54, 1.807) is 13.1 Å². The van der Waals surface area contributed by atoms with Crippen molar-refractivity contribution in [3.63, 3.8) is 0 Å². The molecule has 0 unspecified atom stereocenters. The van der Waals surface area contributed by atoms with E-state index in [2.05, 4.69) is 14.5 Å². The predicted octanol–water partition coefficient (Wildman–Crippen LogP) is 0.825. The number of methoxy groups -OCH3 is 2. The first-order valence-corrected chi connectivity index (χ1v) is 4.42. The van der Waals surface area contributed by atoms with Gasteiger partial charge < -0.3 is 14.5 Å². The summed E-state index contributed by atoms with van der Waals surface area (Å²) in [5, 5.41) is 0. The number of aryl methyl sites for hydroxylation is 1. The second-order valence-electron chi connectivity index (χ2n) is 3.06. The van der Waals surface area contributed by atoms with Crippen LogP contribution in [-0.4, -0.2) is 31.1 Å². The third-order valence-electron chi connectivity index (χ3n) is 2.11. The minimum absolute atomic E-state index is 0.0608. The lowest BCUT2D eigenvalue weighted by molar-refractivity contribution is -0.139. The molecule has 0 aliphatic heterocycles. The Morgan fingerprint density at radius 2 is 2.00 bits per heavy atom. The van der Waals surface area contributed by atoms with Gasteiger partial charge in [0.05, 0.1) is 26.2 Å². The quantitative estimate of drug-likeness (QED) is 0.752.